The Balaban J connectivity index is 2.98. The van der Waals surface area contributed by atoms with E-state index in [2.05, 4.69) is 0 Å². The minimum Gasteiger partial charge on any atom is -0.478 e. The molecule has 0 atom stereocenters. The van der Waals surface area contributed by atoms with Crippen molar-refractivity contribution in [1.82, 2.24) is 0 Å². The number of carboxylic acids is 1. The first-order valence-corrected chi connectivity index (χ1v) is 3.15. The maximum absolute atomic E-state index is 10.2. The number of anilines is 1. The van der Waals surface area contributed by atoms with Gasteiger partial charge < -0.3 is 10.8 Å². The molecule has 0 aliphatic rings. The molecular formula is C5H5NO2S. The fourth-order valence-corrected chi connectivity index (χ4v) is 1.09. The van der Waals surface area contributed by atoms with Gasteiger partial charge in [0, 0.05) is 5.38 Å². The third-order valence-corrected chi connectivity index (χ3v) is 1.63. The number of nitrogens with two attached hydrogens (primary N) is 1. The van der Waals surface area contributed by atoms with Gasteiger partial charge in [-0.25, -0.2) is 4.79 Å². The van der Waals surface area contributed by atoms with Crippen LogP contribution < -0.4 is 5.73 Å². The minimum atomic E-state index is -0.928. The molecular weight excluding hydrogens is 138 g/mol. The Hall–Kier alpha value is -1.03. The lowest BCUT2D eigenvalue weighted by Gasteiger charge is -1.80. The van der Waals surface area contributed by atoms with Gasteiger partial charge >= 0.3 is 5.97 Å². The van der Waals surface area contributed by atoms with Crippen molar-refractivity contribution in [2.45, 2.75) is 0 Å². The third kappa shape index (κ3) is 1.20. The molecule has 1 aromatic heterocycles. The van der Waals surface area contributed by atoms with Crippen LogP contribution >= 0.6 is 11.3 Å². The molecule has 3 nitrogen and oxygen atoms in total. The normalized spacial score (nSPS) is 9.33. The van der Waals surface area contributed by atoms with Crippen molar-refractivity contribution in [3.05, 3.63) is 17.0 Å². The van der Waals surface area contributed by atoms with Gasteiger partial charge in [0.1, 0.15) is 0 Å². The second-order valence-corrected chi connectivity index (χ2v) is 2.49. The van der Waals surface area contributed by atoms with E-state index < -0.39 is 5.97 Å². The molecule has 0 saturated heterocycles. The quantitative estimate of drug-likeness (QED) is 0.617. The van der Waals surface area contributed by atoms with Crippen molar-refractivity contribution in [1.29, 1.82) is 0 Å². The highest BCUT2D eigenvalue weighted by Crippen LogP contribution is 2.15. The summed E-state index contributed by atoms with van der Waals surface area (Å²) in [5.74, 6) is -0.928. The summed E-state index contributed by atoms with van der Waals surface area (Å²) in [5, 5.41) is 10.4. The molecule has 0 saturated carbocycles. The molecule has 0 amide bonds. The van der Waals surface area contributed by atoms with E-state index in [-0.39, 0.29) is 5.56 Å². The summed E-state index contributed by atoms with van der Waals surface area (Å²) >= 11 is 1.23. The van der Waals surface area contributed by atoms with Crippen LogP contribution in [0.15, 0.2) is 11.4 Å². The molecule has 1 heterocycles. The minimum absolute atomic E-state index is 0.262. The topological polar surface area (TPSA) is 63.3 Å². The Labute approximate surface area is 55.7 Å². The predicted octanol–water partition coefficient (Wildman–Crippen LogP) is 1.03. The highest BCUT2D eigenvalue weighted by atomic mass is 32.1. The molecule has 1 aromatic rings. The van der Waals surface area contributed by atoms with Crippen LogP contribution in [0.2, 0.25) is 0 Å². The van der Waals surface area contributed by atoms with Gasteiger partial charge in [0.25, 0.3) is 0 Å². The second kappa shape index (κ2) is 2.06. The van der Waals surface area contributed by atoms with Gasteiger partial charge in [-0.15, -0.1) is 11.3 Å². The highest BCUT2D eigenvalue weighted by Gasteiger charge is 2.02. The predicted molar refractivity (Wildman–Crippen MR) is 35.7 cm³/mol. The van der Waals surface area contributed by atoms with Gasteiger partial charge in [0.05, 0.1) is 10.6 Å². The average Bonchev–Trinajstić information content (AvgIpc) is 2.14. The molecule has 3 N–H and O–H groups in total. The zero-order valence-electron chi connectivity index (χ0n) is 4.50. The second-order valence-electron chi connectivity index (χ2n) is 1.54. The number of hydrogen-bond acceptors (Lipinski definition) is 3. The molecule has 1 rings (SSSR count). The molecule has 0 aromatic carbocycles. The number of hydrogen-bond donors (Lipinski definition) is 2. The van der Waals surface area contributed by atoms with Crippen LogP contribution in [0, 0.1) is 0 Å². The van der Waals surface area contributed by atoms with E-state index in [0.29, 0.717) is 5.00 Å². The Kier molecular flexibility index (Phi) is 1.40. The van der Waals surface area contributed by atoms with Crippen LogP contribution in [-0.2, 0) is 0 Å². The van der Waals surface area contributed by atoms with E-state index in [0.717, 1.165) is 0 Å². The fourth-order valence-electron chi connectivity index (χ4n) is 0.465. The van der Waals surface area contributed by atoms with Crippen molar-refractivity contribution in [3.63, 3.8) is 0 Å². The number of thiophene rings is 1. The average molecular weight is 143 g/mol. The van der Waals surface area contributed by atoms with E-state index >= 15 is 0 Å². The Morgan fingerprint density at radius 1 is 1.78 bits per heavy atom. The van der Waals surface area contributed by atoms with Crippen LogP contribution in [0.5, 0.6) is 0 Å². The number of nitrogen functional groups attached to an aromatic ring is 1. The maximum Gasteiger partial charge on any atom is 0.336 e. The lowest BCUT2D eigenvalue weighted by Crippen LogP contribution is -1.91. The Bertz CT molecular complexity index is 231. The van der Waals surface area contributed by atoms with E-state index in [1.807, 2.05) is 0 Å². The number of carboxylic acid groups (broad SMARTS) is 1. The zero-order valence-corrected chi connectivity index (χ0v) is 5.31. The van der Waals surface area contributed by atoms with Gasteiger partial charge in [0.15, 0.2) is 0 Å². The Morgan fingerprint density at radius 3 is 2.67 bits per heavy atom. The smallest absolute Gasteiger partial charge is 0.336 e. The van der Waals surface area contributed by atoms with Crippen molar-refractivity contribution in [2.24, 2.45) is 0 Å². The lowest BCUT2D eigenvalue weighted by atomic mass is 10.3. The summed E-state index contributed by atoms with van der Waals surface area (Å²) < 4.78 is 0. The van der Waals surface area contributed by atoms with E-state index in [9.17, 15) is 4.79 Å². The molecule has 9 heavy (non-hydrogen) atoms. The van der Waals surface area contributed by atoms with Gasteiger partial charge in [-0.3, -0.25) is 0 Å². The maximum atomic E-state index is 10.2. The monoisotopic (exact) mass is 143 g/mol. The van der Waals surface area contributed by atoms with Crippen LogP contribution in [0.4, 0.5) is 5.00 Å². The van der Waals surface area contributed by atoms with Gasteiger partial charge in [-0.05, 0) is 6.07 Å². The van der Waals surface area contributed by atoms with Crippen molar-refractivity contribution in [3.8, 4) is 0 Å². The van der Waals surface area contributed by atoms with E-state index in [4.69, 9.17) is 10.8 Å². The summed E-state index contributed by atoms with van der Waals surface area (Å²) in [4.78, 5) is 10.2. The third-order valence-electron chi connectivity index (χ3n) is 0.867. The summed E-state index contributed by atoms with van der Waals surface area (Å²) in [6.07, 6.45) is 0. The molecule has 0 aliphatic carbocycles. The molecule has 0 radical (unpaired) electrons. The summed E-state index contributed by atoms with van der Waals surface area (Å²) in [6, 6.07) is 1.44. The zero-order chi connectivity index (χ0) is 6.85. The first kappa shape index (κ1) is 6.10. The van der Waals surface area contributed by atoms with E-state index in [1.54, 1.807) is 0 Å². The number of carbonyl (C=O) groups is 1. The molecule has 48 valence electrons. The lowest BCUT2D eigenvalue weighted by molar-refractivity contribution is 0.0697. The van der Waals surface area contributed by atoms with Crippen molar-refractivity contribution < 1.29 is 9.90 Å². The molecule has 0 unspecified atom stereocenters. The highest BCUT2D eigenvalue weighted by molar-refractivity contribution is 7.14. The fraction of sp³-hybridized carbons (Fsp3) is 0. The molecule has 0 bridgehead atoms. The van der Waals surface area contributed by atoms with Crippen molar-refractivity contribution in [2.75, 3.05) is 5.73 Å². The number of rotatable bonds is 1. The van der Waals surface area contributed by atoms with Crippen LogP contribution in [0.1, 0.15) is 10.4 Å². The van der Waals surface area contributed by atoms with Gasteiger partial charge in [0.2, 0.25) is 0 Å². The molecule has 0 fully saturated rings. The summed E-state index contributed by atoms with van der Waals surface area (Å²) in [6.45, 7) is 0. The van der Waals surface area contributed by atoms with E-state index in [1.165, 1.54) is 22.8 Å². The van der Waals surface area contributed by atoms with Gasteiger partial charge in [-0.1, -0.05) is 0 Å². The molecule has 0 aliphatic heterocycles. The molecule has 0 spiro atoms. The van der Waals surface area contributed by atoms with Crippen LogP contribution in [0.25, 0.3) is 0 Å². The van der Waals surface area contributed by atoms with Crippen LogP contribution in [0.3, 0.4) is 0 Å². The standard InChI is InChI=1S/C5H5NO2S/c6-4-1-3(2-9-4)5(7)8/h1-2H,6H2,(H,7,8). The molecule has 4 heteroatoms. The first-order chi connectivity index (χ1) is 4.20. The first-order valence-electron chi connectivity index (χ1n) is 2.27. The Morgan fingerprint density at radius 2 is 2.44 bits per heavy atom. The number of aromatic carboxylic acids is 1. The van der Waals surface area contributed by atoms with Crippen molar-refractivity contribution >= 4 is 22.3 Å². The summed E-state index contributed by atoms with van der Waals surface area (Å²) in [5.41, 5.74) is 5.53. The van der Waals surface area contributed by atoms with Crippen LogP contribution in [-0.4, -0.2) is 11.1 Å². The SMILES string of the molecule is Nc1cc(C(=O)O)cs1. The van der Waals surface area contributed by atoms with Gasteiger partial charge in [-0.2, -0.15) is 0 Å². The largest absolute Gasteiger partial charge is 0.478 e. The summed E-state index contributed by atoms with van der Waals surface area (Å²) in [7, 11) is 0.